The van der Waals surface area contributed by atoms with E-state index in [1.165, 1.54) is 0 Å². The molecule has 1 heterocycles. The number of methoxy groups -OCH3 is 1. The summed E-state index contributed by atoms with van der Waals surface area (Å²) in [5, 5.41) is 0. The number of benzene rings is 2. The largest absolute Gasteiger partial charge is 0.497 e. The molecule has 28 heavy (non-hydrogen) atoms. The van der Waals surface area contributed by atoms with Crippen molar-refractivity contribution in [3.05, 3.63) is 58.6 Å². The predicted molar refractivity (Wildman–Crippen MR) is 110 cm³/mol. The lowest BCUT2D eigenvalue weighted by Gasteiger charge is -2.28. The summed E-state index contributed by atoms with van der Waals surface area (Å²) in [5.41, 5.74) is 0.905. The first-order chi connectivity index (χ1) is 13.4. The number of rotatable bonds is 7. The van der Waals surface area contributed by atoms with E-state index < -0.39 is 9.84 Å². The molecule has 0 radical (unpaired) electrons. The molecule has 0 aliphatic carbocycles. The standard InChI is InChI=1S/C20H22BrNO5S/c1-26-18-6-2-15(3-7-18)12-22(17-10-11-28(24,25)14-17)20(23)13-27-19-8-4-16(21)5-9-19/h2-9,17H,10-14H2,1H3. The molecule has 1 atom stereocenters. The van der Waals surface area contributed by atoms with Crippen molar-refractivity contribution in [1.29, 1.82) is 0 Å². The molecule has 1 aliphatic heterocycles. The number of halogens is 1. The number of sulfone groups is 1. The fourth-order valence-corrected chi connectivity index (χ4v) is 5.12. The Bertz CT molecular complexity index is 913. The maximum Gasteiger partial charge on any atom is 0.261 e. The number of ether oxygens (including phenoxy) is 2. The summed E-state index contributed by atoms with van der Waals surface area (Å²) >= 11 is 3.35. The normalized spacial score (nSPS) is 17.9. The van der Waals surface area contributed by atoms with E-state index in [9.17, 15) is 13.2 Å². The highest BCUT2D eigenvalue weighted by Crippen LogP contribution is 2.22. The first-order valence-corrected chi connectivity index (χ1v) is 11.5. The highest BCUT2D eigenvalue weighted by atomic mass is 79.9. The Morgan fingerprint density at radius 2 is 1.75 bits per heavy atom. The lowest BCUT2D eigenvalue weighted by atomic mass is 10.1. The van der Waals surface area contributed by atoms with Gasteiger partial charge in [-0.2, -0.15) is 0 Å². The van der Waals surface area contributed by atoms with E-state index in [1.807, 2.05) is 36.4 Å². The molecule has 1 saturated heterocycles. The summed E-state index contributed by atoms with van der Waals surface area (Å²) in [4.78, 5) is 14.5. The highest BCUT2D eigenvalue weighted by Gasteiger charge is 2.34. The SMILES string of the molecule is COc1ccc(CN(C(=O)COc2ccc(Br)cc2)C2CCS(=O)(=O)C2)cc1. The summed E-state index contributed by atoms with van der Waals surface area (Å²) in [7, 11) is -1.52. The summed E-state index contributed by atoms with van der Waals surface area (Å²) < 4.78 is 35.5. The van der Waals surface area contributed by atoms with Gasteiger partial charge in [0.25, 0.3) is 5.91 Å². The molecule has 1 amide bonds. The lowest BCUT2D eigenvalue weighted by molar-refractivity contribution is -0.136. The van der Waals surface area contributed by atoms with Gasteiger partial charge in [0.15, 0.2) is 16.4 Å². The number of amides is 1. The van der Waals surface area contributed by atoms with E-state index in [1.54, 1.807) is 24.1 Å². The third-order valence-corrected chi connectivity index (χ3v) is 6.94. The number of nitrogens with zero attached hydrogens (tertiary/aromatic N) is 1. The zero-order valence-electron chi connectivity index (χ0n) is 15.5. The molecule has 0 saturated carbocycles. The molecule has 8 heteroatoms. The molecule has 0 spiro atoms. The zero-order chi connectivity index (χ0) is 20.1. The highest BCUT2D eigenvalue weighted by molar-refractivity contribution is 9.10. The molecular formula is C20H22BrNO5S. The van der Waals surface area contributed by atoms with Gasteiger partial charge in [-0.1, -0.05) is 28.1 Å². The lowest BCUT2D eigenvalue weighted by Crippen LogP contribution is -2.43. The first-order valence-electron chi connectivity index (χ1n) is 8.87. The monoisotopic (exact) mass is 467 g/mol. The summed E-state index contributed by atoms with van der Waals surface area (Å²) in [6.45, 7) is 0.182. The van der Waals surface area contributed by atoms with Gasteiger partial charge in [-0.3, -0.25) is 4.79 Å². The molecule has 150 valence electrons. The van der Waals surface area contributed by atoms with Gasteiger partial charge in [0.2, 0.25) is 0 Å². The molecule has 0 N–H and O–H groups in total. The van der Waals surface area contributed by atoms with Crippen LogP contribution in [0.5, 0.6) is 11.5 Å². The van der Waals surface area contributed by atoms with E-state index in [2.05, 4.69) is 15.9 Å². The van der Waals surface area contributed by atoms with Crippen molar-refractivity contribution in [2.75, 3.05) is 25.2 Å². The average molecular weight is 468 g/mol. The van der Waals surface area contributed by atoms with E-state index in [0.29, 0.717) is 18.7 Å². The van der Waals surface area contributed by atoms with E-state index in [-0.39, 0.29) is 30.1 Å². The van der Waals surface area contributed by atoms with Gasteiger partial charge < -0.3 is 14.4 Å². The van der Waals surface area contributed by atoms with Crippen molar-refractivity contribution in [2.24, 2.45) is 0 Å². The number of hydrogen-bond donors (Lipinski definition) is 0. The molecule has 1 fully saturated rings. The smallest absolute Gasteiger partial charge is 0.261 e. The quantitative estimate of drug-likeness (QED) is 0.625. The Morgan fingerprint density at radius 1 is 1.11 bits per heavy atom. The second-order valence-electron chi connectivity index (χ2n) is 6.67. The van der Waals surface area contributed by atoms with Crippen molar-refractivity contribution in [1.82, 2.24) is 4.90 Å². The minimum atomic E-state index is -3.11. The number of carbonyl (C=O) groups is 1. The maximum atomic E-state index is 12.9. The van der Waals surface area contributed by atoms with E-state index in [0.717, 1.165) is 15.8 Å². The zero-order valence-corrected chi connectivity index (χ0v) is 17.9. The fourth-order valence-electron chi connectivity index (χ4n) is 3.13. The van der Waals surface area contributed by atoms with Crippen molar-refractivity contribution in [2.45, 2.75) is 19.0 Å². The summed E-state index contributed by atoms with van der Waals surface area (Å²) in [6, 6.07) is 14.3. The van der Waals surface area contributed by atoms with E-state index >= 15 is 0 Å². The number of carbonyl (C=O) groups excluding carboxylic acids is 1. The van der Waals surface area contributed by atoms with Crippen LogP contribution in [0, 0.1) is 0 Å². The second-order valence-corrected chi connectivity index (χ2v) is 9.81. The van der Waals surface area contributed by atoms with Crippen LogP contribution in [-0.4, -0.2) is 50.5 Å². The van der Waals surface area contributed by atoms with Crippen LogP contribution in [0.3, 0.4) is 0 Å². The average Bonchev–Trinajstić information content (AvgIpc) is 3.05. The number of hydrogen-bond acceptors (Lipinski definition) is 5. The minimum absolute atomic E-state index is 0.00677. The van der Waals surface area contributed by atoms with Crippen LogP contribution in [0.4, 0.5) is 0 Å². The Morgan fingerprint density at radius 3 is 2.32 bits per heavy atom. The van der Waals surface area contributed by atoms with Gasteiger partial charge >= 0.3 is 0 Å². The van der Waals surface area contributed by atoms with Crippen LogP contribution < -0.4 is 9.47 Å². The molecule has 3 rings (SSSR count). The van der Waals surface area contributed by atoms with Gasteiger partial charge in [-0.25, -0.2) is 8.42 Å². The fraction of sp³-hybridized carbons (Fsp3) is 0.350. The minimum Gasteiger partial charge on any atom is -0.497 e. The van der Waals surface area contributed by atoms with Crippen LogP contribution in [0.2, 0.25) is 0 Å². The van der Waals surface area contributed by atoms with Crippen LogP contribution in [0.15, 0.2) is 53.0 Å². The first kappa shape index (κ1) is 20.7. The maximum absolute atomic E-state index is 12.9. The van der Waals surface area contributed by atoms with Gasteiger partial charge in [-0.15, -0.1) is 0 Å². The van der Waals surface area contributed by atoms with Crippen molar-refractivity contribution in [3.8, 4) is 11.5 Å². The molecule has 6 nitrogen and oxygen atoms in total. The molecule has 2 aromatic rings. The molecule has 1 aliphatic rings. The molecule has 1 unspecified atom stereocenters. The van der Waals surface area contributed by atoms with Gasteiger partial charge in [0.05, 0.1) is 18.6 Å². The van der Waals surface area contributed by atoms with Crippen LogP contribution in [-0.2, 0) is 21.2 Å². The third kappa shape index (κ3) is 5.48. The Hall–Kier alpha value is -2.06. The van der Waals surface area contributed by atoms with Gasteiger partial charge in [0.1, 0.15) is 11.5 Å². The molecule has 2 aromatic carbocycles. The summed E-state index contributed by atoms with van der Waals surface area (Å²) in [5.74, 6) is 1.18. The van der Waals surface area contributed by atoms with Crippen molar-refractivity contribution in [3.63, 3.8) is 0 Å². The summed E-state index contributed by atoms with van der Waals surface area (Å²) in [6.07, 6.45) is 0.447. The van der Waals surface area contributed by atoms with Crippen molar-refractivity contribution < 1.29 is 22.7 Å². The van der Waals surface area contributed by atoms with Crippen LogP contribution in [0.1, 0.15) is 12.0 Å². The predicted octanol–water partition coefficient (Wildman–Crippen LogP) is 3.05. The van der Waals surface area contributed by atoms with Gasteiger partial charge in [0, 0.05) is 17.1 Å². The Labute approximate surface area is 173 Å². The van der Waals surface area contributed by atoms with Crippen LogP contribution >= 0.6 is 15.9 Å². The Balaban J connectivity index is 1.72. The third-order valence-electron chi connectivity index (χ3n) is 4.66. The topological polar surface area (TPSA) is 72.9 Å². The second kappa shape index (κ2) is 8.96. The molecular weight excluding hydrogens is 446 g/mol. The Kier molecular flexibility index (Phi) is 6.61. The molecule has 0 bridgehead atoms. The van der Waals surface area contributed by atoms with Gasteiger partial charge in [-0.05, 0) is 48.4 Å². The van der Waals surface area contributed by atoms with Crippen molar-refractivity contribution >= 4 is 31.7 Å². The molecule has 0 aromatic heterocycles. The van der Waals surface area contributed by atoms with E-state index in [4.69, 9.17) is 9.47 Å². The van der Waals surface area contributed by atoms with Crippen LogP contribution in [0.25, 0.3) is 0 Å².